The molecule has 4 aromatic rings. The molecule has 4 rings (SSSR count). The zero-order valence-corrected chi connectivity index (χ0v) is 14.6. The number of benzene rings is 2. The van der Waals surface area contributed by atoms with Gasteiger partial charge in [-0.2, -0.15) is 0 Å². The molecule has 0 aliphatic carbocycles. The van der Waals surface area contributed by atoms with Crippen LogP contribution in [0.5, 0.6) is 0 Å². The van der Waals surface area contributed by atoms with Crippen molar-refractivity contribution in [3.05, 3.63) is 64.6 Å². The summed E-state index contributed by atoms with van der Waals surface area (Å²) < 4.78 is 7.67. The van der Waals surface area contributed by atoms with E-state index in [4.69, 9.17) is 16.0 Å². The molecule has 0 aliphatic rings. The summed E-state index contributed by atoms with van der Waals surface area (Å²) in [6.45, 7) is 2.17. The average Bonchev–Trinajstić information content (AvgIpc) is 3.12. The van der Waals surface area contributed by atoms with Crippen LogP contribution in [0.3, 0.4) is 0 Å². The van der Waals surface area contributed by atoms with Crippen molar-refractivity contribution in [3.8, 4) is 0 Å². The standard InChI is InChI=1S/C19H16ClN3O2/c1-11-12-6-5-7-13(20)18(12)25-17(11)19(24)21-10-16-22-14-8-3-4-9-15(14)23(16)2/h3-9H,10H2,1-2H3,(H,21,24). The van der Waals surface area contributed by atoms with Crippen molar-refractivity contribution in [2.45, 2.75) is 13.5 Å². The van der Waals surface area contributed by atoms with Crippen molar-refractivity contribution in [1.29, 1.82) is 0 Å². The first-order chi connectivity index (χ1) is 12.1. The average molecular weight is 354 g/mol. The normalized spacial score (nSPS) is 11.3. The van der Waals surface area contributed by atoms with Gasteiger partial charge >= 0.3 is 0 Å². The van der Waals surface area contributed by atoms with Crippen LogP contribution in [0.2, 0.25) is 5.02 Å². The van der Waals surface area contributed by atoms with Crippen molar-refractivity contribution in [1.82, 2.24) is 14.9 Å². The molecule has 0 saturated heterocycles. The second-order valence-corrected chi connectivity index (χ2v) is 6.34. The SMILES string of the molecule is Cc1c(C(=O)NCc2nc3ccccc3n2C)oc2c(Cl)cccc12. The Labute approximate surface area is 149 Å². The zero-order valence-electron chi connectivity index (χ0n) is 13.8. The van der Waals surface area contributed by atoms with Gasteiger partial charge in [-0.15, -0.1) is 0 Å². The number of nitrogens with zero attached hydrogens (tertiary/aromatic N) is 2. The van der Waals surface area contributed by atoms with Gasteiger partial charge in [0.25, 0.3) is 5.91 Å². The maximum Gasteiger partial charge on any atom is 0.287 e. The molecule has 0 fully saturated rings. The molecule has 1 amide bonds. The number of carbonyl (C=O) groups is 1. The predicted molar refractivity (Wildman–Crippen MR) is 97.8 cm³/mol. The molecule has 0 aliphatic heterocycles. The monoisotopic (exact) mass is 353 g/mol. The number of rotatable bonds is 3. The van der Waals surface area contributed by atoms with Crippen LogP contribution in [-0.2, 0) is 13.6 Å². The molecule has 126 valence electrons. The highest BCUT2D eigenvalue weighted by Gasteiger charge is 2.19. The summed E-state index contributed by atoms with van der Waals surface area (Å²) in [7, 11) is 1.93. The Hall–Kier alpha value is -2.79. The summed E-state index contributed by atoms with van der Waals surface area (Å²) >= 11 is 6.15. The Kier molecular flexibility index (Phi) is 3.73. The van der Waals surface area contributed by atoms with Crippen molar-refractivity contribution in [2.75, 3.05) is 0 Å². The van der Waals surface area contributed by atoms with Crippen molar-refractivity contribution < 1.29 is 9.21 Å². The number of fused-ring (bicyclic) bond motifs is 2. The molecule has 0 radical (unpaired) electrons. The van der Waals surface area contributed by atoms with E-state index < -0.39 is 0 Å². The Morgan fingerprint density at radius 3 is 2.80 bits per heavy atom. The number of aromatic nitrogens is 2. The van der Waals surface area contributed by atoms with Crippen molar-refractivity contribution in [2.24, 2.45) is 7.05 Å². The Balaban J connectivity index is 1.61. The van der Waals surface area contributed by atoms with E-state index in [0.29, 0.717) is 17.2 Å². The summed E-state index contributed by atoms with van der Waals surface area (Å²) in [6, 6.07) is 13.3. The van der Waals surface area contributed by atoms with Crippen LogP contribution >= 0.6 is 11.6 Å². The lowest BCUT2D eigenvalue weighted by Gasteiger charge is -2.04. The van der Waals surface area contributed by atoms with Crippen molar-refractivity contribution >= 4 is 39.5 Å². The van der Waals surface area contributed by atoms with Crippen LogP contribution in [-0.4, -0.2) is 15.5 Å². The number of para-hydroxylation sites is 3. The fourth-order valence-corrected chi connectivity index (χ4v) is 3.23. The quantitative estimate of drug-likeness (QED) is 0.600. The van der Waals surface area contributed by atoms with Gasteiger partial charge in [-0.05, 0) is 25.1 Å². The van der Waals surface area contributed by atoms with Crippen molar-refractivity contribution in [3.63, 3.8) is 0 Å². The van der Waals surface area contributed by atoms with Gasteiger partial charge in [0.15, 0.2) is 11.3 Å². The molecule has 0 atom stereocenters. The first-order valence-corrected chi connectivity index (χ1v) is 8.30. The van der Waals surface area contributed by atoms with Gasteiger partial charge in [0, 0.05) is 18.0 Å². The largest absolute Gasteiger partial charge is 0.449 e. The van der Waals surface area contributed by atoms with E-state index in [2.05, 4.69) is 10.3 Å². The molecular formula is C19H16ClN3O2. The highest BCUT2D eigenvalue weighted by molar-refractivity contribution is 6.35. The van der Waals surface area contributed by atoms with Gasteiger partial charge < -0.3 is 14.3 Å². The number of aryl methyl sites for hydroxylation is 2. The van der Waals surface area contributed by atoms with E-state index in [1.807, 2.05) is 54.9 Å². The second-order valence-electron chi connectivity index (χ2n) is 5.93. The van der Waals surface area contributed by atoms with Crippen LogP contribution in [0, 0.1) is 6.92 Å². The minimum absolute atomic E-state index is 0.280. The van der Waals surface area contributed by atoms with E-state index in [0.717, 1.165) is 27.8 Å². The molecule has 1 N–H and O–H groups in total. The third-order valence-corrected chi connectivity index (χ3v) is 4.71. The molecule has 2 heterocycles. The van der Waals surface area contributed by atoms with Crippen LogP contribution in [0.25, 0.3) is 22.0 Å². The van der Waals surface area contributed by atoms with Gasteiger partial charge in [-0.25, -0.2) is 4.98 Å². The summed E-state index contributed by atoms with van der Waals surface area (Å²) in [5, 5.41) is 4.22. The molecular weight excluding hydrogens is 338 g/mol. The third-order valence-electron chi connectivity index (χ3n) is 4.41. The maximum atomic E-state index is 12.6. The van der Waals surface area contributed by atoms with Crippen LogP contribution < -0.4 is 5.32 Å². The number of hydrogen-bond donors (Lipinski definition) is 1. The number of amides is 1. The number of nitrogens with one attached hydrogen (secondary N) is 1. The topological polar surface area (TPSA) is 60.1 Å². The summed E-state index contributed by atoms with van der Waals surface area (Å²) in [5.74, 6) is 0.778. The number of carbonyl (C=O) groups excluding carboxylic acids is 1. The number of hydrogen-bond acceptors (Lipinski definition) is 3. The molecule has 6 heteroatoms. The maximum absolute atomic E-state index is 12.6. The molecule has 2 aromatic heterocycles. The summed E-state index contributed by atoms with van der Waals surface area (Å²) in [6.07, 6.45) is 0. The molecule has 0 bridgehead atoms. The molecule has 0 unspecified atom stereocenters. The van der Waals surface area contributed by atoms with Crippen LogP contribution in [0.4, 0.5) is 0 Å². The van der Waals surface area contributed by atoms with Gasteiger partial charge in [0.2, 0.25) is 0 Å². The molecule has 2 aromatic carbocycles. The summed E-state index contributed by atoms with van der Waals surface area (Å²) in [5.41, 5.74) is 3.24. The highest BCUT2D eigenvalue weighted by Crippen LogP contribution is 2.30. The Bertz CT molecular complexity index is 1110. The summed E-state index contributed by atoms with van der Waals surface area (Å²) in [4.78, 5) is 17.1. The van der Waals surface area contributed by atoms with Gasteiger partial charge in [0.05, 0.1) is 22.6 Å². The Morgan fingerprint density at radius 1 is 1.24 bits per heavy atom. The van der Waals surface area contributed by atoms with E-state index in [-0.39, 0.29) is 11.7 Å². The Morgan fingerprint density at radius 2 is 2.04 bits per heavy atom. The van der Waals surface area contributed by atoms with E-state index in [9.17, 15) is 4.79 Å². The fraction of sp³-hybridized carbons (Fsp3) is 0.158. The molecule has 5 nitrogen and oxygen atoms in total. The van der Waals surface area contributed by atoms with Gasteiger partial charge in [-0.1, -0.05) is 35.9 Å². The lowest BCUT2D eigenvalue weighted by atomic mass is 10.1. The van der Waals surface area contributed by atoms with E-state index in [1.165, 1.54) is 0 Å². The minimum atomic E-state index is -0.281. The van der Waals surface area contributed by atoms with E-state index >= 15 is 0 Å². The zero-order chi connectivity index (χ0) is 17.6. The van der Waals surface area contributed by atoms with E-state index in [1.54, 1.807) is 6.07 Å². The van der Waals surface area contributed by atoms with Gasteiger partial charge in [-0.3, -0.25) is 4.79 Å². The third kappa shape index (κ3) is 2.57. The first kappa shape index (κ1) is 15.7. The van der Waals surface area contributed by atoms with Gasteiger partial charge in [0.1, 0.15) is 5.82 Å². The molecule has 0 spiro atoms. The minimum Gasteiger partial charge on any atom is -0.449 e. The second kappa shape index (κ2) is 5.93. The highest BCUT2D eigenvalue weighted by atomic mass is 35.5. The van der Waals surface area contributed by atoms with Crippen LogP contribution in [0.15, 0.2) is 46.9 Å². The molecule has 25 heavy (non-hydrogen) atoms. The number of halogens is 1. The molecule has 0 saturated carbocycles. The lowest BCUT2D eigenvalue weighted by Crippen LogP contribution is -2.24. The number of furan rings is 1. The number of imidazole rings is 1. The smallest absolute Gasteiger partial charge is 0.287 e. The predicted octanol–water partition coefficient (Wildman–Crippen LogP) is 4.21. The first-order valence-electron chi connectivity index (χ1n) is 7.92. The fourth-order valence-electron chi connectivity index (χ4n) is 3.02. The van der Waals surface area contributed by atoms with Crippen LogP contribution in [0.1, 0.15) is 21.9 Å². The lowest BCUT2D eigenvalue weighted by molar-refractivity contribution is 0.0923.